The van der Waals surface area contributed by atoms with Crippen LogP contribution in [0.3, 0.4) is 0 Å². The van der Waals surface area contributed by atoms with Crippen LogP contribution in [0.4, 0.5) is 0 Å². The molecule has 2 nitrogen and oxygen atoms in total. The van der Waals surface area contributed by atoms with E-state index in [1.165, 1.54) is 19.4 Å². The second-order valence-corrected chi connectivity index (χ2v) is 3.15. The van der Waals surface area contributed by atoms with Gasteiger partial charge in [0.2, 0.25) is 0 Å². The summed E-state index contributed by atoms with van der Waals surface area (Å²) in [6.45, 7) is 6.91. The summed E-state index contributed by atoms with van der Waals surface area (Å²) >= 11 is 0. The van der Waals surface area contributed by atoms with Crippen LogP contribution < -0.4 is 5.73 Å². The molecule has 0 saturated carbocycles. The molecule has 0 aromatic heterocycles. The molecule has 0 spiro atoms. The summed E-state index contributed by atoms with van der Waals surface area (Å²) in [5.74, 6) is 0. The number of nitrogens with two attached hydrogens (primary N) is 1. The standard InChI is InChI=1S/C9H18N2/c1-2-3-6-11-7-4-5-9(11)8-10/h2,9H,1,3-8,10H2/t9-/m0/s1. The molecule has 1 fully saturated rings. The summed E-state index contributed by atoms with van der Waals surface area (Å²) in [5.41, 5.74) is 5.63. The number of likely N-dealkylation sites (tertiary alicyclic amines) is 1. The normalized spacial score (nSPS) is 25.7. The van der Waals surface area contributed by atoms with Crippen molar-refractivity contribution in [1.29, 1.82) is 0 Å². The molecule has 2 heteroatoms. The number of rotatable bonds is 4. The van der Waals surface area contributed by atoms with Crippen molar-refractivity contribution >= 4 is 0 Å². The number of hydrogen-bond acceptors (Lipinski definition) is 2. The average Bonchev–Trinajstić information content (AvgIpc) is 2.47. The zero-order valence-corrected chi connectivity index (χ0v) is 7.13. The maximum absolute atomic E-state index is 5.63. The van der Waals surface area contributed by atoms with Gasteiger partial charge in [0, 0.05) is 19.1 Å². The van der Waals surface area contributed by atoms with Gasteiger partial charge >= 0.3 is 0 Å². The van der Waals surface area contributed by atoms with Crippen molar-refractivity contribution < 1.29 is 0 Å². The molecule has 11 heavy (non-hydrogen) atoms. The predicted octanol–water partition coefficient (Wildman–Crippen LogP) is 0.986. The van der Waals surface area contributed by atoms with Gasteiger partial charge in [-0.25, -0.2) is 0 Å². The number of hydrogen-bond donors (Lipinski definition) is 1. The van der Waals surface area contributed by atoms with Crippen LogP contribution in [0.2, 0.25) is 0 Å². The summed E-state index contributed by atoms with van der Waals surface area (Å²) in [4.78, 5) is 2.47. The zero-order chi connectivity index (χ0) is 8.10. The molecule has 1 rings (SSSR count). The Morgan fingerprint density at radius 1 is 1.64 bits per heavy atom. The second-order valence-electron chi connectivity index (χ2n) is 3.15. The molecule has 1 aliphatic heterocycles. The van der Waals surface area contributed by atoms with Gasteiger partial charge in [-0.15, -0.1) is 6.58 Å². The Balaban J connectivity index is 2.25. The van der Waals surface area contributed by atoms with Crippen molar-refractivity contribution in [1.82, 2.24) is 4.90 Å². The van der Waals surface area contributed by atoms with E-state index in [1.807, 2.05) is 6.08 Å². The quantitative estimate of drug-likeness (QED) is 0.612. The van der Waals surface area contributed by atoms with E-state index in [4.69, 9.17) is 5.73 Å². The Bertz CT molecular complexity index is 123. The summed E-state index contributed by atoms with van der Waals surface area (Å²) in [6, 6.07) is 0.648. The van der Waals surface area contributed by atoms with Gasteiger partial charge in [0.1, 0.15) is 0 Å². The van der Waals surface area contributed by atoms with Gasteiger partial charge in [0.25, 0.3) is 0 Å². The molecule has 1 atom stereocenters. The summed E-state index contributed by atoms with van der Waals surface area (Å²) in [7, 11) is 0. The van der Waals surface area contributed by atoms with Gasteiger partial charge in [-0.3, -0.25) is 4.90 Å². The summed E-state index contributed by atoms with van der Waals surface area (Å²) < 4.78 is 0. The van der Waals surface area contributed by atoms with Gasteiger partial charge in [0.15, 0.2) is 0 Å². The molecule has 2 N–H and O–H groups in total. The largest absolute Gasteiger partial charge is 0.329 e. The first-order valence-corrected chi connectivity index (χ1v) is 4.43. The molecule has 1 heterocycles. The van der Waals surface area contributed by atoms with E-state index in [2.05, 4.69) is 11.5 Å². The molecule has 64 valence electrons. The highest BCUT2D eigenvalue weighted by Gasteiger charge is 2.21. The van der Waals surface area contributed by atoms with Crippen LogP contribution in [0, 0.1) is 0 Å². The average molecular weight is 154 g/mol. The van der Waals surface area contributed by atoms with Crippen LogP contribution >= 0.6 is 0 Å². The molecule has 1 aliphatic rings. The molecule has 0 radical (unpaired) electrons. The molecule has 0 unspecified atom stereocenters. The molecule has 0 aromatic carbocycles. The lowest BCUT2D eigenvalue weighted by Gasteiger charge is -2.21. The monoisotopic (exact) mass is 154 g/mol. The van der Waals surface area contributed by atoms with Crippen molar-refractivity contribution in [2.75, 3.05) is 19.6 Å². The Kier molecular flexibility index (Phi) is 3.60. The summed E-state index contributed by atoms with van der Waals surface area (Å²) in [5, 5.41) is 0. The zero-order valence-electron chi connectivity index (χ0n) is 7.13. The Morgan fingerprint density at radius 3 is 3.09 bits per heavy atom. The third kappa shape index (κ3) is 2.31. The van der Waals surface area contributed by atoms with Gasteiger partial charge in [-0.2, -0.15) is 0 Å². The summed E-state index contributed by atoms with van der Waals surface area (Å²) in [6.07, 6.45) is 5.68. The molecular formula is C9H18N2. The maximum Gasteiger partial charge on any atom is 0.0219 e. The van der Waals surface area contributed by atoms with Crippen LogP contribution in [0.15, 0.2) is 12.7 Å². The van der Waals surface area contributed by atoms with E-state index < -0.39 is 0 Å². The van der Waals surface area contributed by atoms with Crippen LogP contribution in [-0.2, 0) is 0 Å². The van der Waals surface area contributed by atoms with E-state index in [0.29, 0.717) is 6.04 Å². The molecule has 1 saturated heterocycles. The van der Waals surface area contributed by atoms with Gasteiger partial charge in [-0.05, 0) is 25.8 Å². The second kappa shape index (κ2) is 4.52. The first-order chi connectivity index (χ1) is 5.38. The molecule has 0 amide bonds. The van der Waals surface area contributed by atoms with E-state index in [0.717, 1.165) is 19.5 Å². The minimum Gasteiger partial charge on any atom is -0.329 e. The Morgan fingerprint density at radius 2 is 2.45 bits per heavy atom. The highest BCUT2D eigenvalue weighted by molar-refractivity contribution is 4.81. The lowest BCUT2D eigenvalue weighted by atomic mass is 10.2. The smallest absolute Gasteiger partial charge is 0.0219 e. The van der Waals surface area contributed by atoms with Crippen LogP contribution in [-0.4, -0.2) is 30.6 Å². The Hall–Kier alpha value is -0.340. The van der Waals surface area contributed by atoms with Crippen molar-refractivity contribution in [3.63, 3.8) is 0 Å². The number of nitrogens with zero attached hydrogens (tertiary/aromatic N) is 1. The van der Waals surface area contributed by atoms with Crippen molar-refractivity contribution in [2.24, 2.45) is 5.73 Å². The highest BCUT2D eigenvalue weighted by Crippen LogP contribution is 2.15. The van der Waals surface area contributed by atoms with Crippen molar-refractivity contribution in [3.8, 4) is 0 Å². The third-order valence-electron chi connectivity index (χ3n) is 2.39. The van der Waals surface area contributed by atoms with E-state index in [1.54, 1.807) is 0 Å². The van der Waals surface area contributed by atoms with Crippen LogP contribution in [0.5, 0.6) is 0 Å². The van der Waals surface area contributed by atoms with E-state index in [9.17, 15) is 0 Å². The minimum atomic E-state index is 0.648. The highest BCUT2D eigenvalue weighted by atomic mass is 15.2. The lowest BCUT2D eigenvalue weighted by Crippen LogP contribution is -2.35. The van der Waals surface area contributed by atoms with E-state index in [-0.39, 0.29) is 0 Å². The maximum atomic E-state index is 5.63. The molecule has 0 bridgehead atoms. The third-order valence-corrected chi connectivity index (χ3v) is 2.39. The Labute approximate surface area is 69.1 Å². The first-order valence-electron chi connectivity index (χ1n) is 4.43. The van der Waals surface area contributed by atoms with Crippen LogP contribution in [0.1, 0.15) is 19.3 Å². The predicted molar refractivity (Wildman–Crippen MR) is 48.5 cm³/mol. The minimum absolute atomic E-state index is 0.648. The van der Waals surface area contributed by atoms with E-state index >= 15 is 0 Å². The van der Waals surface area contributed by atoms with Gasteiger partial charge in [0.05, 0.1) is 0 Å². The molecule has 0 aromatic rings. The first kappa shape index (κ1) is 8.75. The van der Waals surface area contributed by atoms with Crippen molar-refractivity contribution in [3.05, 3.63) is 12.7 Å². The molecule has 0 aliphatic carbocycles. The lowest BCUT2D eigenvalue weighted by molar-refractivity contribution is 0.263. The van der Waals surface area contributed by atoms with Crippen molar-refractivity contribution in [2.45, 2.75) is 25.3 Å². The fourth-order valence-corrected chi connectivity index (χ4v) is 1.71. The SMILES string of the molecule is C=CCCN1CCC[C@H]1CN. The van der Waals surface area contributed by atoms with Gasteiger partial charge < -0.3 is 5.73 Å². The fraction of sp³-hybridized carbons (Fsp3) is 0.778. The van der Waals surface area contributed by atoms with Gasteiger partial charge in [-0.1, -0.05) is 6.08 Å². The van der Waals surface area contributed by atoms with Crippen LogP contribution in [0.25, 0.3) is 0 Å². The topological polar surface area (TPSA) is 29.3 Å². The molecular weight excluding hydrogens is 136 g/mol. The fourth-order valence-electron chi connectivity index (χ4n) is 1.71.